The first-order valence-electron chi connectivity index (χ1n) is 8.43. The summed E-state index contributed by atoms with van der Waals surface area (Å²) in [7, 11) is 1.54. The second-order valence-corrected chi connectivity index (χ2v) is 7.51. The molecular weight excluding hydrogens is 386 g/mol. The van der Waals surface area contributed by atoms with Crippen LogP contribution in [0.4, 0.5) is 5.69 Å². The highest BCUT2D eigenvalue weighted by atomic mass is 35.5. The lowest BCUT2D eigenvalue weighted by Gasteiger charge is -2.13. The molecule has 27 heavy (non-hydrogen) atoms. The third-order valence-corrected chi connectivity index (χ3v) is 5.04. The largest absolute Gasteiger partial charge is 0.495 e. The number of nitrogens with one attached hydrogen (secondary N) is 2. The Balaban J connectivity index is 1.71. The molecule has 0 saturated carbocycles. The number of ether oxygens (including phenoxy) is 2. The van der Waals surface area contributed by atoms with Gasteiger partial charge in [-0.05, 0) is 44.2 Å². The zero-order chi connectivity index (χ0) is 19.4. The van der Waals surface area contributed by atoms with Gasteiger partial charge in [-0.3, -0.25) is 4.79 Å². The van der Waals surface area contributed by atoms with Crippen LogP contribution in [0, 0.1) is 0 Å². The van der Waals surface area contributed by atoms with Crippen molar-refractivity contribution in [3.8, 4) is 11.5 Å². The average molecular weight is 406 g/mol. The molecule has 0 aliphatic carbocycles. The van der Waals surface area contributed by atoms with Gasteiger partial charge in [0, 0.05) is 11.1 Å². The molecule has 8 heteroatoms. The minimum absolute atomic E-state index is 0.170. The number of imidazole rings is 1. The van der Waals surface area contributed by atoms with Gasteiger partial charge in [0.25, 0.3) is 0 Å². The molecule has 1 atom stereocenters. The van der Waals surface area contributed by atoms with Crippen LogP contribution in [-0.2, 0) is 4.79 Å². The summed E-state index contributed by atoms with van der Waals surface area (Å²) < 4.78 is 10.8. The standard InChI is InChI=1S/C19H20ClN3O3S/c1-4-26-13-6-7-14-15(10-13)23-19(22-14)27-11(2)18(24)21-16-9-12(20)5-8-17(16)25-3/h5-11H,4H2,1-3H3,(H,21,24)(H,22,23). The number of hydrogen-bond donors (Lipinski definition) is 2. The molecule has 3 aromatic rings. The molecule has 0 fully saturated rings. The summed E-state index contributed by atoms with van der Waals surface area (Å²) in [6.45, 7) is 4.36. The number of hydrogen-bond acceptors (Lipinski definition) is 5. The molecule has 0 aliphatic rings. The van der Waals surface area contributed by atoms with Crippen LogP contribution in [0.2, 0.25) is 5.02 Å². The number of methoxy groups -OCH3 is 1. The number of thioether (sulfide) groups is 1. The van der Waals surface area contributed by atoms with Crippen LogP contribution in [0.15, 0.2) is 41.6 Å². The maximum absolute atomic E-state index is 12.6. The van der Waals surface area contributed by atoms with Crippen LogP contribution in [0.25, 0.3) is 11.0 Å². The van der Waals surface area contributed by atoms with E-state index in [1.54, 1.807) is 25.3 Å². The van der Waals surface area contributed by atoms with E-state index in [1.807, 2.05) is 32.0 Å². The monoisotopic (exact) mass is 405 g/mol. The van der Waals surface area contributed by atoms with Gasteiger partial charge in [0.2, 0.25) is 5.91 Å². The van der Waals surface area contributed by atoms with Crippen molar-refractivity contribution in [2.24, 2.45) is 0 Å². The molecule has 2 N–H and O–H groups in total. The summed E-state index contributed by atoms with van der Waals surface area (Å²) in [5.41, 5.74) is 2.23. The second kappa shape index (κ2) is 8.54. The lowest BCUT2D eigenvalue weighted by Crippen LogP contribution is -2.22. The Hall–Kier alpha value is -2.38. The number of fused-ring (bicyclic) bond motifs is 1. The number of amides is 1. The van der Waals surface area contributed by atoms with Crippen molar-refractivity contribution in [1.82, 2.24) is 9.97 Å². The normalized spacial score (nSPS) is 12.0. The molecule has 1 aromatic heterocycles. The Bertz CT molecular complexity index is 961. The third kappa shape index (κ3) is 4.67. The zero-order valence-electron chi connectivity index (χ0n) is 15.2. The first-order valence-corrected chi connectivity index (χ1v) is 9.69. The molecule has 0 radical (unpaired) electrons. The lowest BCUT2D eigenvalue weighted by atomic mass is 10.3. The van der Waals surface area contributed by atoms with Crippen LogP contribution in [0.3, 0.4) is 0 Å². The number of anilines is 1. The molecule has 2 aromatic carbocycles. The van der Waals surface area contributed by atoms with Crippen molar-refractivity contribution in [3.63, 3.8) is 0 Å². The maximum atomic E-state index is 12.6. The first kappa shape index (κ1) is 19.4. The molecule has 1 amide bonds. The maximum Gasteiger partial charge on any atom is 0.237 e. The quantitative estimate of drug-likeness (QED) is 0.555. The van der Waals surface area contributed by atoms with Crippen LogP contribution in [-0.4, -0.2) is 34.8 Å². The van der Waals surface area contributed by atoms with Gasteiger partial charge in [-0.2, -0.15) is 0 Å². The summed E-state index contributed by atoms with van der Waals surface area (Å²) in [6.07, 6.45) is 0. The van der Waals surface area contributed by atoms with Gasteiger partial charge in [0.1, 0.15) is 11.5 Å². The van der Waals surface area contributed by atoms with E-state index in [9.17, 15) is 4.79 Å². The second-order valence-electron chi connectivity index (χ2n) is 5.75. The van der Waals surface area contributed by atoms with E-state index in [4.69, 9.17) is 21.1 Å². The van der Waals surface area contributed by atoms with E-state index in [2.05, 4.69) is 15.3 Å². The highest BCUT2D eigenvalue weighted by Crippen LogP contribution is 2.30. The predicted molar refractivity (Wildman–Crippen MR) is 109 cm³/mol. The summed E-state index contributed by atoms with van der Waals surface area (Å²) in [4.78, 5) is 20.3. The molecule has 0 saturated heterocycles. The van der Waals surface area contributed by atoms with Crippen molar-refractivity contribution in [2.45, 2.75) is 24.3 Å². The number of carbonyl (C=O) groups excluding carboxylic acids is 1. The number of rotatable bonds is 7. The molecule has 3 rings (SSSR count). The van der Waals surface area contributed by atoms with Crippen molar-refractivity contribution < 1.29 is 14.3 Å². The summed E-state index contributed by atoms with van der Waals surface area (Å²) in [5.74, 6) is 1.16. The Morgan fingerprint density at radius 3 is 2.89 bits per heavy atom. The van der Waals surface area contributed by atoms with Crippen LogP contribution in [0.1, 0.15) is 13.8 Å². The predicted octanol–water partition coefficient (Wildman–Crippen LogP) is 4.74. The van der Waals surface area contributed by atoms with E-state index in [0.717, 1.165) is 16.8 Å². The van der Waals surface area contributed by atoms with Crippen molar-refractivity contribution >= 4 is 46.0 Å². The van der Waals surface area contributed by atoms with Crippen molar-refractivity contribution in [2.75, 3.05) is 19.0 Å². The number of aromatic amines is 1. The van der Waals surface area contributed by atoms with E-state index in [1.165, 1.54) is 11.8 Å². The number of benzene rings is 2. The summed E-state index contributed by atoms with van der Waals surface area (Å²) in [6, 6.07) is 10.7. The molecular formula is C19H20ClN3O3S. The zero-order valence-corrected chi connectivity index (χ0v) is 16.8. The topological polar surface area (TPSA) is 76.2 Å². The molecule has 1 unspecified atom stereocenters. The van der Waals surface area contributed by atoms with Gasteiger partial charge in [0.15, 0.2) is 5.16 Å². The Kier molecular flexibility index (Phi) is 6.13. The van der Waals surface area contributed by atoms with Gasteiger partial charge >= 0.3 is 0 Å². The molecule has 0 bridgehead atoms. The van der Waals surface area contributed by atoms with Gasteiger partial charge in [-0.25, -0.2) is 4.98 Å². The summed E-state index contributed by atoms with van der Waals surface area (Å²) in [5, 5.41) is 3.66. The summed E-state index contributed by atoms with van der Waals surface area (Å²) >= 11 is 7.35. The fourth-order valence-corrected chi connectivity index (χ4v) is 3.50. The SMILES string of the molecule is CCOc1ccc2nc(SC(C)C(=O)Nc3cc(Cl)ccc3OC)[nH]c2c1. The van der Waals surface area contributed by atoms with Gasteiger partial charge in [-0.15, -0.1) is 0 Å². The number of carbonyl (C=O) groups is 1. The molecule has 6 nitrogen and oxygen atoms in total. The van der Waals surface area contributed by atoms with Crippen molar-refractivity contribution in [3.05, 3.63) is 41.4 Å². The third-order valence-electron chi connectivity index (χ3n) is 3.82. The average Bonchev–Trinajstić information content (AvgIpc) is 3.03. The van der Waals surface area contributed by atoms with Crippen LogP contribution < -0.4 is 14.8 Å². The van der Waals surface area contributed by atoms with E-state index in [-0.39, 0.29) is 11.2 Å². The fourth-order valence-electron chi connectivity index (χ4n) is 2.51. The van der Waals surface area contributed by atoms with Crippen LogP contribution >= 0.6 is 23.4 Å². The highest BCUT2D eigenvalue weighted by molar-refractivity contribution is 8.00. The highest BCUT2D eigenvalue weighted by Gasteiger charge is 2.18. The number of aromatic nitrogens is 2. The lowest BCUT2D eigenvalue weighted by molar-refractivity contribution is -0.115. The molecule has 0 aliphatic heterocycles. The fraction of sp³-hybridized carbons (Fsp3) is 0.263. The van der Waals surface area contributed by atoms with Gasteiger partial charge in [0.05, 0.1) is 35.7 Å². The van der Waals surface area contributed by atoms with Crippen LogP contribution in [0.5, 0.6) is 11.5 Å². The molecule has 1 heterocycles. The van der Waals surface area contributed by atoms with E-state index >= 15 is 0 Å². The van der Waals surface area contributed by atoms with E-state index in [0.29, 0.717) is 28.2 Å². The van der Waals surface area contributed by atoms with Crippen molar-refractivity contribution in [1.29, 1.82) is 0 Å². The van der Waals surface area contributed by atoms with Gasteiger partial charge in [-0.1, -0.05) is 23.4 Å². The molecule has 142 valence electrons. The minimum Gasteiger partial charge on any atom is -0.495 e. The Labute approximate surface area is 166 Å². The minimum atomic E-state index is -0.374. The molecule has 0 spiro atoms. The number of H-pyrrole nitrogens is 1. The smallest absolute Gasteiger partial charge is 0.237 e. The van der Waals surface area contributed by atoms with Gasteiger partial charge < -0.3 is 19.8 Å². The number of halogens is 1. The Morgan fingerprint density at radius 2 is 2.15 bits per heavy atom. The Morgan fingerprint density at radius 1 is 1.33 bits per heavy atom. The number of nitrogens with zero attached hydrogens (tertiary/aromatic N) is 1. The first-order chi connectivity index (χ1) is 13.0. The van der Waals surface area contributed by atoms with E-state index < -0.39 is 0 Å².